The fourth-order valence-corrected chi connectivity index (χ4v) is 5.32. The number of benzene rings is 4. The number of nitrogens with zero attached hydrogens (tertiary/aromatic N) is 1. The molecular formula is C35H39NO. The van der Waals surface area contributed by atoms with Crippen molar-refractivity contribution in [1.29, 1.82) is 0 Å². The summed E-state index contributed by atoms with van der Waals surface area (Å²) in [4.78, 5) is 2.53. The summed E-state index contributed by atoms with van der Waals surface area (Å²) in [6, 6.07) is 37.2. The largest absolute Gasteiger partial charge is 0.470 e. The highest BCUT2D eigenvalue weighted by molar-refractivity contribution is 5.54. The third-order valence-electron chi connectivity index (χ3n) is 7.36. The molecule has 190 valence electrons. The average Bonchev–Trinajstić information content (AvgIpc) is 2.88. The molecule has 0 unspecified atom stereocenters. The van der Waals surface area contributed by atoms with Gasteiger partial charge in [-0.15, -0.1) is 0 Å². The Balaban J connectivity index is 1.80. The molecule has 0 aromatic heterocycles. The Morgan fingerprint density at radius 1 is 0.649 bits per heavy atom. The summed E-state index contributed by atoms with van der Waals surface area (Å²) in [6.07, 6.45) is -0.208. The molecule has 4 aromatic carbocycles. The molecule has 2 nitrogen and oxygen atoms in total. The summed E-state index contributed by atoms with van der Waals surface area (Å²) in [7, 11) is 0. The quantitative estimate of drug-likeness (QED) is 0.284. The van der Waals surface area contributed by atoms with Crippen molar-refractivity contribution in [1.82, 2.24) is 4.90 Å². The van der Waals surface area contributed by atoms with Gasteiger partial charge in [-0.25, -0.2) is 4.90 Å². The molecule has 0 fully saturated rings. The molecule has 0 aliphatic carbocycles. The molecule has 0 bridgehead atoms. The number of ether oxygens (including phenoxy) is 1. The molecule has 0 radical (unpaired) electrons. The van der Waals surface area contributed by atoms with Crippen LogP contribution >= 0.6 is 0 Å². The topological polar surface area (TPSA) is 12.5 Å². The highest BCUT2D eigenvalue weighted by Crippen LogP contribution is 2.51. The molecule has 1 heterocycles. The third-order valence-corrected chi connectivity index (χ3v) is 7.36. The van der Waals surface area contributed by atoms with E-state index in [-0.39, 0.29) is 23.1 Å². The van der Waals surface area contributed by atoms with Gasteiger partial charge in [0.2, 0.25) is 0 Å². The van der Waals surface area contributed by atoms with Crippen molar-refractivity contribution in [2.75, 3.05) is 0 Å². The molecule has 37 heavy (non-hydrogen) atoms. The van der Waals surface area contributed by atoms with Crippen molar-refractivity contribution in [3.63, 3.8) is 0 Å². The number of rotatable bonds is 4. The van der Waals surface area contributed by atoms with Gasteiger partial charge in [-0.1, -0.05) is 139 Å². The maximum atomic E-state index is 7.11. The Hall–Kier alpha value is -3.36. The van der Waals surface area contributed by atoms with Crippen molar-refractivity contribution >= 4 is 0 Å². The van der Waals surface area contributed by atoms with Crippen LogP contribution in [0.4, 0.5) is 0 Å². The first-order valence-corrected chi connectivity index (χ1v) is 13.4. The van der Waals surface area contributed by atoms with Crippen LogP contribution < -0.4 is 4.74 Å². The fraction of sp³-hybridized carbons (Fsp3) is 0.314. The average molecular weight is 490 g/mol. The van der Waals surface area contributed by atoms with Crippen LogP contribution in [-0.2, 0) is 17.4 Å². The molecule has 0 N–H and O–H groups in total. The van der Waals surface area contributed by atoms with Gasteiger partial charge in [0.25, 0.3) is 0 Å². The van der Waals surface area contributed by atoms with E-state index >= 15 is 0 Å². The zero-order chi connectivity index (χ0) is 26.2. The Labute approximate surface area is 222 Å². The van der Waals surface area contributed by atoms with E-state index in [9.17, 15) is 0 Å². The Morgan fingerprint density at radius 3 is 1.73 bits per heavy atom. The van der Waals surface area contributed by atoms with Crippen LogP contribution in [0, 0.1) is 0 Å². The van der Waals surface area contributed by atoms with Gasteiger partial charge in [-0.3, -0.25) is 0 Å². The predicted molar refractivity (Wildman–Crippen MR) is 154 cm³/mol. The van der Waals surface area contributed by atoms with E-state index < -0.39 is 0 Å². The maximum Gasteiger partial charge on any atom is 0.180 e. The van der Waals surface area contributed by atoms with Crippen LogP contribution in [-0.4, -0.2) is 4.90 Å². The first-order valence-electron chi connectivity index (χ1n) is 13.4. The van der Waals surface area contributed by atoms with Crippen LogP contribution in [0.3, 0.4) is 0 Å². The highest BCUT2D eigenvalue weighted by atomic mass is 16.5. The first kappa shape index (κ1) is 25.3. The van der Waals surface area contributed by atoms with Crippen LogP contribution in [0.15, 0.2) is 103 Å². The molecule has 1 aliphatic heterocycles. The van der Waals surface area contributed by atoms with E-state index in [1.54, 1.807) is 0 Å². The van der Waals surface area contributed by atoms with Gasteiger partial charge >= 0.3 is 0 Å². The second kappa shape index (κ2) is 9.84. The van der Waals surface area contributed by atoms with Crippen molar-refractivity contribution in [3.05, 3.63) is 137 Å². The summed E-state index contributed by atoms with van der Waals surface area (Å²) in [5.41, 5.74) is 7.58. The molecular weight excluding hydrogens is 450 g/mol. The zero-order valence-electron chi connectivity index (χ0n) is 23.0. The molecule has 0 saturated heterocycles. The summed E-state index contributed by atoms with van der Waals surface area (Å²) >= 11 is 0. The first-order chi connectivity index (χ1) is 17.6. The van der Waals surface area contributed by atoms with Gasteiger partial charge in [0.1, 0.15) is 5.75 Å². The van der Waals surface area contributed by atoms with Gasteiger partial charge in [0.15, 0.2) is 6.23 Å². The Bertz CT molecular complexity index is 1330. The Morgan fingerprint density at radius 2 is 1.19 bits per heavy atom. The molecule has 2 atom stereocenters. The summed E-state index contributed by atoms with van der Waals surface area (Å²) in [5.74, 6) is 1.03. The monoisotopic (exact) mass is 489 g/mol. The molecule has 1 aliphatic rings. The minimum Gasteiger partial charge on any atom is -0.470 e. The van der Waals surface area contributed by atoms with Crippen LogP contribution in [0.5, 0.6) is 5.75 Å². The maximum absolute atomic E-state index is 7.11. The lowest BCUT2D eigenvalue weighted by Gasteiger charge is -2.45. The molecule has 0 amide bonds. The number of hydrogen-bond acceptors (Lipinski definition) is 2. The van der Waals surface area contributed by atoms with E-state index in [1.165, 1.54) is 33.4 Å². The van der Waals surface area contributed by atoms with Gasteiger partial charge in [-0.05, 0) is 33.6 Å². The minimum absolute atomic E-state index is 0.0246. The van der Waals surface area contributed by atoms with Gasteiger partial charge in [-0.2, -0.15) is 0 Å². The highest BCUT2D eigenvalue weighted by Gasteiger charge is 2.41. The second-order valence-electron chi connectivity index (χ2n) is 12.3. The molecule has 0 saturated carbocycles. The molecule has 0 spiro atoms. The lowest BCUT2D eigenvalue weighted by atomic mass is 9.76. The second-order valence-corrected chi connectivity index (χ2v) is 12.3. The SMILES string of the molecule is CC(C)(C)c1cc2c(c(C(C)(C)C)c1)O[C@@H](c1ccccc1)N(Cc1ccccc1)[C@@H]2c1ccccc1. The number of fused-ring (bicyclic) bond motifs is 1. The van der Waals surface area contributed by atoms with Crippen molar-refractivity contribution in [2.45, 2.75) is 71.2 Å². The Kier molecular flexibility index (Phi) is 6.72. The third kappa shape index (κ3) is 5.22. The van der Waals surface area contributed by atoms with Crippen molar-refractivity contribution in [3.8, 4) is 5.75 Å². The smallest absolute Gasteiger partial charge is 0.180 e. The van der Waals surface area contributed by atoms with Gasteiger partial charge in [0, 0.05) is 23.2 Å². The van der Waals surface area contributed by atoms with E-state index in [2.05, 4.69) is 150 Å². The van der Waals surface area contributed by atoms with E-state index in [4.69, 9.17) is 4.74 Å². The van der Waals surface area contributed by atoms with E-state index in [0.29, 0.717) is 0 Å². The molecule has 2 heteroatoms. The predicted octanol–water partition coefficient (Wildman–Crippen LogP) is 8.96. The molecule has 4 aromatic rings. The van der Waals surface area contributed by atoms with Crippen LogP contribution in [0.1, 0.15) is 87.2 Å². The van der Waals surface area contributed by atoms with Crippen molar-refractivity contribution in [2.24, 2.45) is 0 Å². The van der Waals surface area contributed by atoms with Crippen molar-refractivity contribution < 1.29 is 4.74 Å². The van der Waals surface area contributed by atoms with Crippen LogP contribution in [0.2, 0.25) is 0 Å². The van der Waals surface area contributed by atoms with E-state index in [1.807, 2.05) is 0 Å². The zero-order valence-corrected chi connectivity index (χ0v) is 23.0. The van der Waals surface area contributed by atoms with Gasteiger partial charge < -0.3 is 4.74 Å². The summed E-state index contributed by atoms with van der Waals surface area (Å²) < 4.78 is 7.11. The van der Waals surface area contributed by atoms with E-state index in [0.717, 1.165) is 12.3 Å². The lowest BCUT2D eigenvalue weighted by molar-refractivity contribution is -0.0273. The summed E-state index contributed by atoms with van der Waals surface area (Å²) in [6.45, 7) is 14.6. The summed E-state index contributed by atoms with van der Waals surface area (Å²) in [5, 5.41) is 0. The minimum atomic E-state index is -0.208. The standard InChI is InChI=1S/C35H39NO/c1-34(2,3)28-22-29-31(26-18-12-8-13-19-26)36(24-25-16-10-7-11-17-25)33(27-20-14-9-15-21-27)37-32(29)30(23-28)35(4,5)6/h7-23,31,33H,24H2,1-6H3/t31-,33+/m1/s1. The van der Waals surface area contributed by atoms with Gasteiger partial charge in [0.05, 0.1) is 6.04 Å². The normalized spacial score (nSPS) is 18.2. The number of hydrogen-bond donors (Lipinski definition) is 0. The fourth-order valence-electron chi connectivity index (χ4n) is 5.32. The lowest BCUT2D eigenvalue weighted by Crippen LogP contribution is -2.41. The molecule has 5 rings (SSSR count). The van der Waals surface area contributed by atoms with Crippen LogP contribution in [0.25, 0.3) is 0 Å².